The van der Waals surface area contributed by atoms with Crippen LogP contribution >= 0.6 is 0 Å². The van der Waals surface area contributed by atoms with Crippen LogP contribution in [0.2, 0.25) is 0 Å². The molecular weight excluding hydrogens is 381 g/mol. The first-order chi connectivity index (χ1) is 13.5. The summed E-state index contributed by atoms with van der Waals surface area (Å²) >= 11 is 0. The van der Waals surface area contributed by atoms with Crippen LogP contribution in [0.5, 0.6) is 0 Å². The summed E-state index contributed by atoms with van der Waals surface area (Å²) in [4.78, 5) is 17.3. The molecule has 3 heterocycles. The van der Waals surface area contributed by atoms with Gasteiger partial charge in [-0.25, -0.2) is 19.9 Å². The number of aryl methyl sites for hydroxylation is 1. The van der Waals surface area contributed by atoms with Gasteiger partial charge < -0.3 is 10.6 Å². The summed E-state index contributed by atoms with van der Waals surface area (Å²) in [6, 6.07) is 8.93. The van der Waals surface area contributed by atoms with Gasteiger partial charge in [0.25, 0.3) is 0 Å². The van der Waals surface area contributed by atoms with E-state index in [0.29, 0.717) is 23.2 Å². The minimum atomic E-state index is -4.46. The maximum atomic E-state index is 13.0. The monoisotopic (exact) mass is 402 g/mol. The van der Waals surface area contributed by atoms with Gasteiger partial charge in [0.05, 0.1) is 5.56 Å². The topological polar surface area (TPSA) is 75.6 Å². The Balaban J connectivity index is 2.01. The van der Waals surface area contributed by atoms with E-state index in [4.69, 9.17) is 0 Å². The quantitative estimate of drug-likeness (QED) is 0.624. The molecule has 0 aromatic carbocycles. The lowest BCUT2D eigenvalue weighted by Crippen LogP contribution is -2.27. The van der Waals surface area contributed by atoms with Gasteiger partial charge in [-0.2, -0.15) is 13.2 Å². The molecule has 0 fully saturated rings. The molecule has 0 aliphatic rings. The summed E-state index contributed by atoms with van der Waals surface area (Å²) in [6.07, 6.45) is -3.36. The third-order valence-electron chi connectivity index (χ3n) is 3.69. The van der Waals surface area contributed by atoms with Gasteiger partial charge in [-0.15, -0.1) is 0 Å². The van der Waals surface area contributed by atoms with Crippen molar-refractivity contribution in [3.63, 3.8) is 0 Å². The van der Waals surface area contributed by atoms with Gasteiger partial charge >= 0.3 is 6.18 Å². The highest BCUT2D eigenvalue weighted by Gasteiger charge is 2.30. The Morgan fingerprint density at radius 1 is 0.862 bits per heavy atom. The molecule has 0 saturated carbocycles. The van der Waals surface area contributed by atoms with Gasteiger partial charge in [0.2, 0.25) is 0 Å². The summed E-state index contributed by atoms with van der Waals surface area (Å²) < 4.78 is 38.9. The van der Waals surface area contributed by atoms with Crippen molar-refractivity contribution in [2.75, 3.05) is 10.6 Å². The Bertz CT molecular complexity index is 1010. The van der Waals surface area contributed by atoms with Crippen molar-refractivity contribution in [3.05, 3.63) is 53.9 Å². The zero-order valence-electron chi connectivity index (χ0n) is 16.5. The number of aromatic nitrogens is 4. The summed E-state index contributed by atoms with van der Waals surface area (Å²) in [7, 11) is 0. The van der Waals surface area contributed by atoms with E-state index in [1.54, 1.807) is 12.1 Å². The molecule has 0 spiro atoms. The number of rotatable bonds is 4. The summed E-state index contributed by atoms with van der Waals surface area (Å²) in [5, 5.41) is 6.09. The molecule has 0 amide bonds. The van der Waals surface area contributed by atoms with E-state index in [1.165, 1.54) is 0 Å². The molecule has 0 atom stereocenters. The number of nitrogens with zero attached hydrogens (tertiary/aromatic N) is 4. The smallest absolute Gasteiger partial charge is 0.365 e. The largest absolute Gasteiger partial charge is 0.416 e. The maximum Gasteiger partial charge on any atom is 0.416 e. The normalized spacial score (nSPS) is 12.0. The number of anilines is 3. The Morgan fingerprint density at radius 3 is 2.24 bits per heavy atom. The van der Waals surface area contributed by atoms with Crippen LogP contribution in [0.25, 0.3) is 11.5 Å². The number of hydrogen-bond acceptors (Lipinski definition) is 6. The van der Waals surface area contributed by atoms with Crippen molar-refractivity contribution in [1.82, 2.24) is 19.9 Å². The van der Waals surface area contributed by atoms with Crippen molar-refractivity contribution in [2.45, 2.75) is 39.4 Å². The lowest BCUT2D eigenvalue weighted by molar-refractivity contribution is -0.137. The van der Waals surface area contributed by atoms with Crippen LogP contribution in [-0.2, 0) is 6.18 Å². The van der Waals surface area contributed by atoms with Gasteiger partial charge in [-0.1, -0.05) is 6.07 Å². The molecule has 3 aromatic rings. The highest BCUT2D eigenvalue weighted by Crippen LogP contribution is 2.31. The van der Waals surface area contributed by atoms with E-state index < -0.39 is 11.7 Å². The van der Waals surface area contributed by atoms with Gasteiger partial charge in [0.1, 0.15) is 23.1 Å². The Kier molecular flexibility index (Phi) is 5.41. The second-order valence-electron chi connectivity index (χ2n) is 7.55. The van der Waals surface area contributed by atoms with Gasteiger partial charge in [-0.3, -0.25) is 0 Å². The molecule has 0 unspecified atom stereocenters. The summed E-state index contributed by atoms with van der Waals surface area (Å²) in [5.74, 6) is 1.19. The summed E-state index contributed by atoms with van der Waals surface area (Å²) in [6.45, 7) is 7.77. The zero-order chi connectivity index (χ0) is 21.2. The number of alkyl halides is 3. The fourth-order valence-electron chi connectivity index (χ4n) is 2.55. The molecule has 0 saturated heterocycles. The van der Waals surface area contributed by atoms with Crippen molar-refractivity contribution >= 4 is 17.5 Å². The van der Waals surface area contributed by atoms with Crippen LogP contribution < -0.4 is 10.6 Å². The molecule has 0 radical (unpaired) electrons. The zero-order valence-corrected chi connectivity index (χ0v) is 16.5. The van der Waals surface area contributed by atoms with Crippen LogP contribution in [0.3, 0.4) is 0 Å². The molecule has 0 aliphatic carbocycles. The fraction of sp³-hybridized carbons (Fsp3) is 0.300. The molecule has 0 bridgehead atoms. The first kappa shape index (κ1) is 20.5. The van der Waals surface area contributed by atoms with E-state index in [0.717, 1.165) is 24.0 Å². The average Bonchev–Trinajstić information content (AvgIpc) is 2.59. The molecule has 6 nitrogen and oxygen atoms in total. The number of pyridine rings is 2. The van der Waals surface area contributed by atoms with E-state index in [1.807, 2.05) is 39.8 Å². The van der Waals surface area contributed by atoms with Gasteiger partial charge in [-0.05, 0) is 52.0 Å². The SMILES string of the molecule is Cc1cccc(-c2nc(Nc3cc(C(F)(F)F)ccn3)cc(NC(C)(C)C)n2)n1. The molecular formula is C20H21F3N6. The first-order valence-corrected chi connectivity index (χ1v) is 8.91. The van der Waals surface area contributed by atoms with E-state index in [9.17, 15) is 13.2 Å². The molecule has 2 N–H and O–H groups in total. The van der Waals surface area contributed by atoms with Crippen LogP contribution in [0.1, 0.15) is 32.0 Å². The van der Waals surface area contributed by atoms with Gasteiger partial charge in [0, 0.05) is 23.5 Å². The fourth-order valence-corrected chi connectivity index (χ4v) is 2.55. The van der Waals surface area contributed by atoms with E-state index in [2.05, 4.69) is 30.6 Å². The standard InChI is InChI=1S/C20H21F3N6/c1-12-6-5-7-14(25-12)18-27-16(11-17(28-18)29-19(2,3)4)26-15-10-13(8-9-24-15)20(21,22)23/h5-11H,1-4H3,(H2,24,26,27,28,29). The van der Waals surface area contributed by atoms with Gasteiger partial charge in [0.15, 0.2) is 5.82 Å². The van der Waals surface area contributed by atoms with Crippen LogP contribution in [0, 0.1) is 6.92 Å². The minimum absolute atomic E-state index is 0.0309. The Morgan fingerprint density at radius 2 is 1.59 bits per heavy atom. The lowest BCUT2D eigenvalue weighted by atomic mass is 10.1. The minimum Gasteiger partial charge on any atom is -0.365 e. The predicted octanol–water partition coefficient (Wildman–Crippen LogP) is 5.21. The average molecular weight is 402 g/mol. The van der Waals surface area contributed by atoms with Crippen molar-refractivity contribution < 1.29 is 13.2 Å². The van der Waals surface area contributed by atoms with Crippen LogP contribution in [0.4, 0.5) is 30.6 Å². The second kappa shape index (κ2) is 7.65. The second-order valence-corrected chi connectivity index (χ2v) is 7.55. The van der Waals surface area contributed by atoms with Crippen LogP contribution in [0.15, 0.2) is 42.6 Å². The molecule has 29 heavy (non-hydrogen) atoms. The Labute approximate surface area is 166 Å². The molecule has 3 aromatic heterocycles. The molecule has 0 aliphatic heterocycles. The summed E-state index contributed by atoms with van der Waals surface area (Å²) in [5.41, 5.74) is 0.284. The number of nitrogens with one attached hydrogen (secondary N) is 2. The molecule has 3 rings (SSSR count). The van der Waals surface area contributed by atoms with Crippen molar-refractivity contribution in [3.8, 4) is 11.5 Å². The third-order valence-corrected chi connectivity index (χ3v) is 3.69. The van der Waals surface area contributed by atoms with Crippen LogP contribution in [-0.4, -0.2) is 25.5 Å². The maximum absolute atomic E-state index is 13.0. The highest BCUT2D eigenvalue weighted by molar-refractivity contribution is 5.62. The molecule has 9 heteroatoms. The number of halogens is 3. The van der Waals surface area contributed by atoms with E-state index in [-0.39, 0.29) is 11.4 Å². The van der Waals surface area contributed by atoms with Crippen molar-refractivity contribution in [1.29, 1.82) is 0 Å². The Hall–Kier alpha value is -3.23. The highest BCUT2D eigenvalue weighted by atomic mass is 19.4. The third kappa shape index (κ3) is 5.63. The van der Waals surface area contributed by atoms with E-state index >= 15 is 0 Å². The number of hydrogen-bond donors (Lipinski definition) is 2. The predicted molar refractivity (Wildman–Crippen MR) is 106 cm³/mol. The lowest BCUT2D eigenvalue weighted by Gasteiger charge is -2.22. The molecule has 152 valence electrons. The first-order valence-electron chi connectivity index (χ1n) is 8.91. The van der Waals surface area contributed by atoms with Crippen molar-refractivity contribution in [2.24, 2.45) is 0 Å².